The Morgan fingerprint density at radius 2 is 1.69 bits per heavy atom. The van der Waals surface area contributed by atoms with E-state index in [-0.39, 0.29) is 0 Å². The van der Waals surface area contributed by atoms with E-state index in [0.717, 1.165) is 18.5 Å². The zero-order chi connectivity index (χ0) is 11.6. The van der Waals surface area contributed by atoms with Gasteiger partial charge in [0, 0.05) is 6.04 Å². The Morgan fingerprint density at radius 3 is 2.19 bits per heavy atom. The summed E-state index contributed by atoms with van der Waals surface area (Å²) in [5.41, 5.74) is 6.29. The van der Waals surface area contributed by atoms with Crippen molar-refractivity contribution < 1.29 is 0 Å². The molecule has 0 aromatic heterocycles. The van der Waals surface area contributed by atoms with Gasteiger partial charge in [-0.05, 0) is 69.5 Å². The Kier molecular flexibility index (Phi) is 3.91. The molecule has 0 spiro atoms. The lowest BCUT2D eigenvalue weighted by Crippen LogP contribution is -2.47. The van der Waals surface area contributed by atoms with E-state index in [1.54, 1.807) is 0 Å². The van der Waals surface area contributed by atoms with Crippen LogP contribution in [0.1, 0.15) is 52.4 Å². The fourth-order valence-electron chi connectivity index (χ4n) is 3.24. The molecule has 0 atom stereocenters. The van der Waals surface area contributed by atoms with Crippen molar-refractivity contribution in [1.29, 1.82) is 0 Å². The quantitative estimate of drug-likeness (QED) is 0.781. The Morgan fingerprint density at radius 1 is 1.12 bits per heavy atom. The number of likely N-dealkylation sites (tertiary alicyclic amines) is 1. The molecule has 2 rings (SSSR count). The Balaban J connectivity index is 1.80. The maximum Gasteiger partial charge on any atom is 0.00954 e. The third-order valence-corrected chi connectivity index (χ3v) is 5.00. The second-order valence-corrected chi connectivity index (χ2v) is 6.46. The molecule has 0 aromatic carbocycles. The molecular formula is C14H28N2. The summed E-state index contributed by atoms with van der Waals surface area (Å²) in [7, 11) is 0. The van der Waals surface area contributed by atoms with Crippen molar-refractivity contribution in [2.75, 3.05) is 19.6 Å². The van der Waals surface area contributed by atoms with Crippen molar-refractivity contribution in [2.24, 2.45) is 17.1 Å². The Hall–Kier alpha value is -0.0800. The van der Waals surface area contributed by atoms with Crippen LogP contribution >= 0.6 is 0 Å². The van der Waals surface area contributed by atoms with Crippen LogP contribution in [-0.4, -0.2) is 30.6 Å². The zero-order valence-electron chi connectivity index (χ0n) is 11.0. The van der Waals surface area contributed by atoms with Gasteiger partial charge in [-0.15, -0.1) is 0 Å². The van der Waals surface area contributed by atoms with Crippen molar-refractivity contribution in [2.45, 2.75) is 58.4 Å². The van der Waals surface area contributed by atoms with E-state index in [2.05, 4.69) is 18.7 Å². The highest BCUT2D eigenvalue weighted by molar-refractivity contribution is 4.87. The standard InChI is InChI=1S/C14H28N2/c1-12-3-5-13(6-4-12)16-9-7-14(2,11-15)8-10-16/h12-13H,3-11,15H2,1-2H3. The van der Waals surface area contributed by atoms with E-state index >= 15 is 0 Å². The van der Waals surface area contributed by atoms with Crippen LogP contribution in [0, 0.1) is 11.3 Å². The lowest BCUT2D eigenvalue weighted by molar-refractivity contribution is 0.0650. The van der Waals surface area contributed by atoms with Crippen LogP contribution in [0.2, 0.25) is 0 Å². The highest BCUT2D eigenvalue weighted by Gasteiger charge is 2.32. The third kappa shape index (κ3) is 2.78. The number of hydrogen-bond acceptors (Lipinski definition) is 2. The molecular weight excluding hydrogens is 196 g/mol. The SMILES string of the molecule is CC1CCC(N2CCC(C)(CN)CC2)CC1. The monoisotopic (exact) mass is 224 g/mol. The van der Waals surface area contributed by atoms with Crippen LogP contribution in [0.3, 0.4) is 0 Å². The second kappa shape index (κ2) is 5.05. The van der Waals surface area contributed by atoms with Gasteiger partial charge in [-0.2, -0.15) is 0 Å². The van der Waals surface area contributed by atoms with E-state index in [4.69, 9.17) is 5.73 Å². The lowest BCUT2D eigenvalue weighted by atomic mass is 9.79. The fraction of sp³-hybridized carbons (Fsp3) is 1.00. The summed E-state index contributed by atoms with van der Waals surface area (Å²) < 4.78 is 0. The molecule has 2 fully saturated rings. The predicted octanol–water partition coefficient (Wildman–Crippen LogP) is 2.63. The average Bonchev–Trinajstić information content (AvgIpc) is 2.32. The summed E-state index contributed by atoms with van der Waals surface area (Å²) in [5, 5.41) is 0. The lowest BCUT2D eigenvalue weighted by Gasteiger charge is -2.44. The summed E-state index contributed by atoms with van der Waals surface area (Å²) in [4.78, 5) is 2.74. The van der Waals surface area contributed by atoms with E-state index in [9.17, 15) is 0 Å². The maximum absolute atomic E-state index is 5.86. The molecule has 1 heterocycles. The largest absolute Gasteiger partial charge is 0.330 e. The zero-order valence-corrected chi connectivity index (χ0v) is 11.0. The number of piperidine rings is 1. The van der Waals surface area contributed by atoms with Crippen LogP contribution in [0.5, 0.6) is 0 Å². The second-order valence-electron chi connectivity index (χ2n) is 6.46. The molecule has 1 saturated carbocycles. The molecule has 2 N–H and O–H groups in total. The molecule has 2 heteroatoms. The van der Waals surface area contributed by atoms with E-state index in [0.29, 0.717) is 5.41 Å². The van der Waals surface area contributed by atoms with Crippen molar-refractivity contribution in [3.63, 3.8) is 0 Å². The van der Waals surface area contributed by atoms with Crippen molar-refractivity contribution in [3.8, 4) is 0 Å². The molecule has 1 aliphatic heterocycles. The van der Waals surface area contributed by atoms with Crippen LogP contribution in [0.4, 0.5) is 0 Å². The summed E-state index contributed by atoms with van der Waals surface area (Å²) >= 11 is 0. The van der Waals surface area contributed by atoms with E-state index < -0.39 is 0 Å². The fourth-order valence-corrected chi connectivity index (χ4v) is 3.24. The van der Waals surface area contributed by atoms with Gasteiger partial charge < -0.3 is 10.6 Å². The molecule has 16 heavy (non-hydrogen) atoms. The summed E-state index contributed by atoms with van der Waals surface area (Å²) in [5.74, 6) is 0.968. The molecule has 0 aromatic rings. The highest BCUT2D eigenvalue weighted by atomic mass is 15.2. The molecule has 1 aliphatic carbocycles. The van der Waals surface area contributed by atoms with Gasteiger partial charge >= 0.3 is 0 Å². The molecule has 94 valence electrons. The topological polar surface area (TPSA) is 29.3 Å². The van der Waals surface area contributed by atoms with Crippen molar-refractivity contribution in [1.82, 2.24) is 4.90 Å². The number of nitrogens with two attached hydrogens (primary N) is 1. The van der Waals surface area contributed by atoms with Gasteiger partial charge in [0.15, 0.2) is 0 Å². The van der Waals surface area contributed by atoms with Crippen LogP contribution < -0.4 is 5.73 Å². The minimum absolute atomic E-state index is 0.429. The summed E-state index contributed by atoms with van der Waals surface area (Å²) in [6.07, 6.45) is 8.34. The van der Waals surface area contributed by atoms with Gasteiger partial charge in [-0.3, -0.25) is 0 Å². The smallest absolute Gasteiger partial charge is 0.00954 e. The average molecular weight is 224 g/mol. The van der Waals surface area contributed by atoms with Gasteiger partial charge in [-0.25, -0.2) is 0 Å². The van der Waals surface area contributed by atoms with Gasteiger partial charge in [0.05, 0.1) is 0 Å². The minimum atomic E-state index is 0.429. The van der Waals surface area contributed by atoms with Crippen molar-refractivity contribution >= 4 is 0 Å². The molecule has 1 saturated heterocycles. The van der Waals surface area contributed by atoms with Gasteiger partial charge in [0.25, 0.3) is 0 Å². The van der Waals surface area contributed by atoms with Gasteiger partial charge in [-0.1, -0.05) is 13.8 Å². The first-order chi connectivity index (χ1) is 7.63. The third-order valence-electron chi connectivity index (χ3n) is 5.00. The van der Waals surface area contributed by atoms with Crippen LogP contribution in [0.15, 0.2) is 0 Å². The minimum Gasteiger partial charge on any atom is -0.330 e. The predicted molar refractivity (Wildman–Crippen MR) is 69.4 cm³/mol. The van der Waals surface area contributed by atoms with Crippen molar-refractivity contribution in [3.05, 3.63) is 0 Å². The molecule has 2 nitrogen and oxygen atoms in total. The number of hydrogen-bond donors (Lipinski definition) is 1. The summed E-state index contributed by atoms with van der Waals surface area (Å²) in [6, 6.07) is 0.888. The maximum atomic E-state index is 5.86. The molecule has 0 amide bonds. The van der Waals surface area contributed by atoms with Crippen LogP contribution in [0.25, 0.3) is 0 Å². The summed E-state index contributed by atoms with van der Waals surface area (Å²) in [6.45, 7) is 8.19. The molecule has 0 bridgehead atoms. The first-order valence-corrected chi connectivity index (χ1v) is 7.07. The first kappa shape index (κ1) is 12.4. The van der Waals surface area contributed by atoms with E-state index in [1.165, 1.54) is 51.6 Å². The highest BCUT2D eigenvalue weighted by Crippen LogP contribution is 2.34. The normalized spacial score (nSPS) is 36.2. The molecule has 2 aliphatic rings. The van der Waals surface area contributed by atoms with Gasteiger partial charge in [0.2, 0.25) is 0 Å². The number of rotatable bonds is 2. The molecule has 0 unspecified atom stereocenters. The Labute approximate surface area is 101 Å². The first-order valence-electron chi connectivity index (χ1n) is 7.07. The number of nitrogens with zero attached hydrogens (tertiary/aromatic N) is 1. The molecule has 0 radical (unpaired) electrons. The Bertz CT molecular complexity index is 211. The van der Waals surface area contributed by atoms with Crippen LogP contribution in [-0.2, 0) is 0 Å². The van der Waals surface area contributed by atoms with E-state index in [1.807, 2.05) is 0 Å². The van der Waals surface area contributed by atoms with Gasteiger partial charge in [0.1, 0.15) is 0 Å².